The normalized spacial score (nSPS) is 22.1. The molecule has 2 saturated heterocycles. The number of nitrogens with zero attached hydrogens (tertiary/aromatic N) is 2. The van der Waals surface area contributed by atoms with Crippen LogP contribution in [0.15, 0.2) is 36.4 Å². The van der Waals surface area contributed by atoms with Crippen LogP contribution in [0, 0.1) is 5.92 Å². The van der Waals surface area contributed by atoms with Crippen molar-refractivity contribution in [3.05, 3.63) is 42.0 Å². The van der Waals surface area contributed by atoms with E-state index in [9.17, 15) is 9.59 Å². The molecule has 6 heteroatoms. The predicted molar refractivity (Wildman–Crippen MR) is 105 cm³/mol. The van der Waals surface area contributed by atoms with Crippen LogP contribution in [0.3, 0.4) is 0 Å². The van der Waals surface area contributed by atoms with Crippen molar-refractivity contribution < 1.29 is 14.3 Å². The number of morpholine rings is 1. The molecule has 6 nitrogen and oxygen atoms in total. The van der Waals surface area contributed by atoms with Gasteiger partial charge in [-0.1, -0.05) is 30.3 Å². The van der Waals surface area contributed by atoms with Gasteiger partial charge in [-0.15, -0.1) is 0 Å². The van der Waals surface area contributed by atoms with E-state index in [0.29, 0.717) is 39.1 Å². The quantitative estimate of drug-likeness (QED) is 0.795. The van der Waals surface area contributed by atoms with Gasteiger partial charge in [-0.3, -0.25) is 9.59 Å². The minimum absolute atomic E-state index is 0.0105. The molecule has 0 saturated carbocycles. The van der Waals surface area contributed by atoms with Crippen LogP contribution in [0.4, 0.5) is 0 Å². The summed E-state index contributed by atoms with van der Waals surface area (Å²) in [6, 6.07) is 9.78. The Morgan fingerprint density at radius 1 is 1.19 bits per heavy atom. The molecule has 27 heavy (non-hydrogen) atoms. The lowest BCUT2D eigenvalue weighted by Gasteiger charge is -2.32. The highest BCUT2D eigenvalue weighted by molar-refractivity contribution is 5.92. The second-order valence-electron chi connectivity index (χ2n) is 7.34. The number of rotatable bonds is 5. The molecule has 2 aliphatic rings. The Kier molecular flexibility index (Phi) is 7.01. The summed E-state index contributed by atoms with van der Waals surface area (Å²) in [7, 11) is 2.07. The van der Waals surface area contributed by atoms with Crippen LogP contribution >= 0.6 is 0 Å². The zero-order chi connectivity index (χ0) is 19.1. The molecule has 1 atom stereocenters. The number of hydrogen-bond donors (Lipinski definition) is 1. The Morgan fingerprint density at radius 2 is 1.93 bits per heavy atom. The van der Waals surface area contributed by atoms with E-state index in [-0.39, 0.29) is 23.8 Å². The predicted octanol–water partition coefficient (Wildman–Crippen LogP) is 1.39. The van der Waals surface area contributed by atoms with Gasteiger partial charge < -0.3 is 19.9 Å². The number of piperidine rings is 1. The SMILES string of the molecule is CN1CCO[C@@H](CNC(=O)C2CCN(C(=O)/C=C/c3ccccc3)CC2)C1. The van der Waals surface area contributed by atoms with Crippen LogP contribution in [0.5, 0.6) is 0 Å². The summed E-state index contributed by atoms with van der Waals surface area (Å²) in [6.45, 7) is 4.31. The Morgan fingerprint density at radius 3 is 2.63 bits per heavy atom. The van der Waals surface area contributed by atoms with E-state index >= 15 is 0 Å². The van der Waals surface area contributed by atoms with E-state index in [1.54, 1.807) is 6.08 Å². The fourth-order valence-corrected chi connectivity index (χ4v) is 3.55. The lowest BCUT2D eigenvalue weighted by atomic mass is 9.95. The van der Waals surface area contributed by atoms with E-state index in [4.69, 9.17) is 4.74 Å². The van der Waals surface area contributed by atoms with Crippen molar-refractivity contribution >= 4 is 17.9 Å². The first-order valence-corrected chi connectivity index (χ1v) is 9.71. The van der Waals surface area contributed by atoms with Crippen molar-refractivity contribution in [2.75, 3.05) is 46.4 Å². The van der Waals surface area contributed by atoms with Crippen molar-refractivity contribution in [1.29, 1.82) is 0 Å². The van der Waals surface area contributed by atoms with Gasteiger partial charge in [0.15, 0.2) is 0 Å². The second kappa shape index (κ2) is 9.67. The lowest BCUT2D eigenvalue weighted by molar-refractivity contribution is -0.132. The van der Waals surface area contributed by atoms with Gasteiger partial charge in [0.2, 0.25) is 11.8 Å². The maximum Gasteiger partial charge on any atom is 0.246 e. The molecule has 0 spiro atoms. The van der Waals surface area contributed by atoms with Crippen LogP contribution in [-0.4, -0.2) is 74.1 Å². The smallest absolute Gasteiger partial charge is 0.246 e. The van der Waals surface area contributed by atoms with Crippen molar-refractivity contribution in [1.82, 2.24) is 15.1 Å². The molecular formula is C21H29N3O3. The van der Waals surface area contributed by atoms with Crippen LogP contribution in [0.2, 0.25) is 0 Å². The molecule has 1 N–H and O–H groups in total. The largest absolute Gasteiger partial charge is 0.374 e. The van der Waals surface area contributed by atoms with Gasteiger partial charge in [-0.25, -0.2) is 0 Å². The molecule has 1 aromatic carbocycles. The molecule has 1 aromatic rings. The number of benzene rings is 1. The number of likely N-dealkylation sites (N-methyl/N-ethyl adjacent to an activating group) is 1. The van der Waals surface area contributed by atoms with E-state index in [0.717, 1.165) is 18.7 Å². The van der Waals surface area contributed by atoms with Gasteiger partial charge in [0.1, 0.15) is 0 Å². The zero-order valence-electron chi connectivity index (χ0n) is 16.0. The van der Waals surface area contributed by atoms with Gasteiger partial charge in [0.25, 0.3) is 0 Å². The molecule has 2 aliphatic heterocycles. The van der Waals surface area contributed by atoms with Crippen LogP contribution in [0.1, 0.15) is 18.4 Å². The molecule has 146 valence electrons. The highest BCUT2D eigenvalue weighted by atomic mass is 16.5. The van der Waals surface area contributed by atoms with E-state index < -0.39 is 0 Å². The van der Waals surface area contributed by atoms with Gasteiger partial charge in [0.05, 0.1) is 12.7 Å². The molecule has 2 amide bonds. The standard InChI is InChI=1S/C21H29N3O3/c1-23-13-14-27-19(16-23)15-22-21(26)18-9-11-24(12-10-18)20(25)8-7-17-5-3-2-4-6-17/h2-8,18-19H,9-16H2,1H3,(H,22,26)/b8-7+/t19-/m0/s1. The average molecular weight is 371 g/mol. The molecule has 3 rings (SSSR count). The van der Waals surface area contributed by atoms with Crippen LogP contribution in [0.25, 0.3) is 6.08 Å². The molecule has 0 aliphatic carbocycles. The summed E-state index contributed by atoms with van der Waals surface area (Å²) in [5, 5.41) is 3.03. The molecule has 0 unspecified atom stereocenters. The lowest BCUT2D eigenvalue weighted by Crippen LogP contribution is -2.48. The Labute approximate surface area is 161 Å². The summed E-state index contributed by atoms with van der Waals surface area (Å²) in [6.07, 6.45) is 4.94. The number of carbonyl (C=O) groups excluding carboxylic acids is 2. The van der Waals surface area contributed by atoms with E-state index in [2.05, 4.69) is 17.3 Å². The summed E-state index contributed by atoms with van der Waals surface area (Å²) in [4.78, 5) is 28.8. The van der Waals surface area contributed by atoms with E-state index in [1.807, 2.05) is 41.3 Å². The average Bonchev–Trinajstić information content (AvgIpc) is 2.71. The molecule has 2 fully saturated rings. The summed E-state index contributed by atoms with van der Waals surface area (Å²) in [5.74, 6) is 0.0728. The first kappa shape index (κ1) is 19.6. The third-order valence-corrected chi connectivity index (χ3v) is 5.24. The minimum Gasteiger partial charge on any atom is -0.374 e. The number of hydrogen-bond acceptors (Lipinski definition) is 4. The Bertz CT molecular complexity index is 654. The van der Waals surface area contributed by atoms with Crippen LogP contribution < -0.4 is 5.32 Å². The molecular weight excluding hydrogens is 342 g/mol. The number of ether oxygens (including phenoxy) is 1. The Hall–Kier alpha value is -2.18. The minimum atomic E-state index is -0.0199. The third kappa shape index (κ3) is 5.91. The van der Waals surface area contributed by atoms with Gasteiger partial charge in [-0.05, 0) is 31.5 Å². The first-order chi connectivity index (χ1) is 13.1. The topological polar surface area (TPSA) is 61.9 Å². The fourth-order valence-electron chi connectivity index (χ4n) is 3.55. The van der Waals surface area contributed by atoms with E-state index in [1.165, 1.54) is 0 Å². The molecule has 2 heterocycles. The summed E-state index contributed by atoms with van der Waals surface area (Å²) < 4.78 is 5.68. The monoisotopic (exact) mass is 371 g/mol. The highest BCUT2D eigenvalue weighted by Crippen LogP contribution is 2.18. The molecule has 0 bridgehead atoms. The van der Waals surface area contributed by atoms with Crippen LogP contribution in [-0.2, 0) is 14.3 Å². The van der Waals surface area contributed by atoms with Crippen molar-refractivity contribution in [2.24, 2.45) is 5.92 Å². The number of nitrogens with one attached hydrogen (secondary N) is 1. The third-order valence-electron chi connectivity index (χ3n) is 5.24. The van der Waals surface area contributed by atoms with Gasteiger partial charge in [-0.2, -0.15) is 0 Å². The van der Waals surface area contributed by atoms with Crippen molar-refractivity contribution in [3.8, 4) is 0 Å². The number of carbonyl (C=O) groups is 2. The highest BCUT2D eigenvalue weighted by Gasteiger charge is 2.27. The summed E-state index contributed by atoms with van der Waals surface area (Å²) in [5.41, 5.74) is 1.01. The fraction of sp³-hybridized carbons (Fsp3) is 0.524. The first-order valence-electron chi connectivity index (χ1n) is 9.71. The maximum atomic E-state index is 12.4. The van der Waals surface area contributed by atoms with Gasteiger partial charge >= 0.3 is 0 Å². The maximum absolute atomic E-state index is 12.4. The summed E-state index contributed by atoms with van der Waals surface area (Å²) >= 11 is 0. The van der Waals surface area contributed by atoms with Crippen molar-refractivity contribution in [2.45, 2.75) is 18.9 Å². The zero-order valence-corrected chi connectivity index (χ0v) is 16.0. The molecule has 0 radical (unpaired) electrons. The van der Waals surface area contributed by atoms with Gasteiger partial charge in [0, 0.05) is 44.7 Å². The molecule has 0 aromatic heterocycles. The Balaban J connectivity index is 1.39. The second-order valence-corrected chi connectivity index (χ2v) is 7.34. The number of amides is 2. The number of likely N-dealkylation sites (tertiary alicyclic amines) is 1. The van der Waals surface area contributed by atoms with Crippen molar-refractivity contribution in [3.63, 3.8) is 0 Å².